The molecule has 1 unspecified atom stereocenters. The first-order chi connectivity index (χ1) is 9.42. The summed E-state index contributed by atoms with van der Waals surface area (Å²) in [6.07, 6.45) is -3.98. The van der Waals surface area contributed by atoms with Gasteiger partial charge in [-0.05, 0) is 37.9 Å². The minimum absolute atomic E-state index is 0.131. The van der Waals surface area contributed by atoms with E-state index in [9.17, 15) is 13.2 Å². The number of halogens is 3. The average Bonchev–Trinajstić information content (AvgIpc) is 2.36. The molecule has 0 spiro atoms. The van der Waals surface area contributed by atoms with Gasteiger partial charge in [-0.15, -0.1) is 11.8 Å². The number of nitrogens with one attached hydrogen (secondary N) is 1. The van der Waals surface area contributed by atoms with Crippen molar-refractivity contribution in [2.75, 3.05) is 12.3 Å². The molecule has 0 bridgehead atoms. The van der Waals surface area contributed by atoms with Crippen LogP contribution >= 0.6 is 11.8 Å². The fourth-order valence-electron chi connectivity index (χ4n) is 1.99. The largest absolute Gasteiger partial charge is 0.389 e. The molecule has 1 N–H and O–H groups in total. The number of thioether (sulfide) groups is 1. The minimum atomic E-state index is -4.04. The lowest BCUT2D eigenvalue weighted by Crippen LogP contribution is -2.31. The Labute approximate surface area is 123 Å². The van der Waals surface area contributed by atoms with Gasteiger partial charge < -0.3 is 5.32 Å². The van der Waals surface area contributed by atoms with Crippen molar-refractivity contribution in [3.8, 4) is 0 Å². The summed E-state index contributed by atoms with van der Waals surface area (Å²) in [6.45, 7) is 4.81. The van der Waals surface area contributed by atoms with E-state index in [-0.39, 0.29) is 12.5 Å². The van der Waals surface area contributed by atoms with Crippen LogP contribution in [0, 0.1) is 6.92 Å². The highest BCUT2D eigenvalue weighted by Gasteiger charge is 2.26. The fourth-order valence-corrected chi connectivity index (χ4v) is 3.13. The van der Waals surface area contributed by atoms with E-state index in [0.29, 0.717) is 6.42 Å². The predicted octanol–water partition coefficient (Wildman–Crippen LogP) is 4.80. The first-order valence-corrected chi connectivity index (χ1v) is 7.89. The predicted molar refractivity (Wildman–Crippen MR) is 79.3 cm³/mol. The van der Waals surface area contributed by atoms with Crippen LogP contribution in [0.2, 0.25) is 0 Å². The van der Waals surface area contributed by atoms with Crippen LogP contribution in [0.5, 0.6) is 0 Å². The Hall–Kier alpha value is -0.680. The zero-order chi connectivity index (χ0) is 15.0. The van der Waals surface area contributed by atoms with Gasteiger partial charge in [0.05, 0.1) is 0 Å². The van der Waals surface area contributed by atoms with E-state index in [1.165, 1.54) is 10.5 Å². The van der Waals surface area contributed by atoms with Crippen LogP contribution in [0.4, 0.5) is 13.2 Å². The maximum atomic E-state index is 12.2. The molecule has 0 aliphatic carbocycles. The van der Waals surface area contributed by atoms with E-state index >= 15 is 0 Å². The molecule has 1 aromatic rings. The van der Waals surface area contributed by atoms with Crippen LogP contribution in [-0.4, -0.2) is 24.5 Å². The maximum absolute atomic E-state index is 12.2. The van der Waals surface area contributed by atoms with Gasteiger partial charge >= 0.3 is 6.18 Å². The number of rotatable bonds is 8. The Balaban J connectivity index is 2.41. The second kappa shape index (κ2) is 8.57. The molecule has 0 aliphatic rings. The summed E-state index contributed by atoms with van der Waals surface area (Å²) in [7, 11) is 0. The van der Waals surface area contributed by atoms with E-state index in [2.05, 4.69) is 11.4 Å². The van der Waals surface area contributed by atoms with Crippen LogP contribution in [0.25, 0.3) is 0 Å². The molecule has 0 heterocycles. The van der Waals surface area contributed by atoms with Crippen molar-refractivity contribution in [2.45, 2.75) is 50.2 Å². The third-order valence-corrected chi connectivity index (χ3v) is 4.38. The number of aryl methyl sites for hydroxylation is 1. The van der Waals surface area contributed by atoms with Crippen LogP contribution in [0.1, 0.15) is 31.7 Å². The third-order valence-electron chi connectivity index (χ3n) is 3.04. The summed E-state index contributed by atoms with van der Waals surface area (Å²) >= 11 is 1.71. The lowest BCUT2D eigenvalue weighted by molar-refractivity contribution is -0.135. The highest BCUT2D eigenvalue weighted by molar-refractivity contribution is 7.99. The lowest BCUT2D eigenvalue weighted by atomic mass is 10.1. The van der Waals surface area contributed by atoms with Crippen LogP contribution in [0.3, 0.4) is 0 Å². The van der Waals surface area contributed by atoms with Gasteiger partial charge in [-0.25, -0.2) is 0 Å². The van der Waals surface area contributed by atoms with Gasteiger partial charge in [-0.2, -0.15) is 13.2 Å². The van der Waals surface area contributed by atoms with Crippen molar-refractivity contribution in [1.29, 1.82) is 0 Å². The zero-order valence-corrected chi connectivity index (χ0v) is 12.8. The average molecular weight is 305 g/mol. The Morgan fingerprint density at radius 1 is 1.25 bits per heavy atom. The van der Waals surface area contributed by atoms with Gasteiger partial charge in [-0.1, -0.05) is 25.1 Å². The van der Waals surface area contributed by atoms with Crippen LogP contribution < -0.4 is 5.32 Å². The summed E-state index contributed by atoms with van der Waals surface area (Å²) in [5, 5.41) is 3.27. The quantitative estimate of drug-likeness (QED) is 0.693. The van der Waals surface area contributed by atoms with Crippen molar-refractivity contribution >= 4 is 11.8 Å². The fraction of sp³-hybridized carbons (Fsp3) is 0.600. The molecule has 0 radical (unpaired) electrons. The number of hydrogen-bond acceptors (Lipinski definition) is 2. The highest BCUT2D eigenvalue weighted by atomic mass is 32.2. The molecule has 1 aromatic carbocycles. The molecule has 5 heteroatoms. The van der Waals surface area contributed by atoms with E-state index in [4.69, 9.17) is 0 Å². The lowest BCUT2D eigenvalue weighted by Gasteiger charge is -2.18. The molecule has 0 saturated carbocycles. The molecule has 1 rings (SSSR count). The van der Waals surface area contributed by atoms with Crippen LogP contribution in [0.15, 0.2) is 29.2 Å². The maximum Gasteiger partial charge on any atom is 0.389 e. The van der Waals surface area contributed by atoms with E-state index in [1.54, 1.807) is 11.8 Å². The van der Waals surface area contributed by atoms with E-state index < -0.39 is 12.6 Å². The Morgan fingerprint density at radius 3 is 2.55 bits per heavy atom. The van der Waals surface area contributed by atoms with Crippen molar-refractivity contribution < 1.29 is 13.2 Å². The summed E-state index contributed by atoms with van der Waals surface area (Å²) in [6, 6.07) is 8.21. The molecule has 0 aliphatic heterocycles. The molecular formula is C15H22F3NS. The van der Waals surface area contributed by atoms with Crippen molar-refractivity contribution in [1.82, 2.24) is 5.32 Å². The van der Waals surface area contributed by atoms with Gasteiger partial charge in [0.2, 0.25) is 0 Å². The molecule has 1 atom stereocenters. The van der Waals surface area contributed by atoms with Gasteiger partial charge in [0.25, 0.3) is 0 Å². The molecule has 20 heavy (non-hydrogen) atoms. The summed E-state index contributed by atoms with van der Waals surface area (Å²) in [5.74, 6) is 0.802. The molecule has 1 nitrogen and oxygen atoms in total. The first kappa shape index (κ1) is 17.4. The molecule has 114 valence electrons. The summed E-state index contributed by atoms with van der Waals surface area (Å²) in [4.78, 5) is 1.20. The van der Waals surface area contributed by atoms with Crippen LogP contribution in [-0.2, 0) is 0 Å². The van der Waals surface area contributed by atoms with Gasteiger partial charge in [-0.3, -0.25) is 0 Å². The minimum Gasteiger partial charge on any atom is -0.313 e. The van der Waals surface area contributed by atoms with Gasteiger partial charge in [0.1, 0.15) is 0 Å². The summed E-state index contributed by atoms with van der Waals surface area (Å²) < 4.78 is 36.5. The van der Waals surface area contributed by atoms with Gasteiger partial charge in [0.15, 0.2) is 0 Å². The normalized spacial score (nSPS) is 13.4. The number of alkyl halides is 3. The standard InChI is InChI=1S/C15H22F3NS/c1-3-19-13(8-6-10-15(16,17)18)11-20-14-9-5-4-7-12(14)2/h4-5,7,9,13,19H,3,6,8,10-11H2,1-2H3. The van der Waals surface area contributed by atoms with E-state index in [1.807, 2.05) is 32.0 Å². The van der Waals surface area contributed by atoms with Crippen molar-refractivity contribution in [2.24, 2.45) is 0 Å². The highest BCUT2D eigenvalue weighted by Crippen LogP contribution is 2.26. The zero-order valence-electron chi connectivity index (χ0n) is 12.0. The molecular weight excluding hydrogens is 283 g/mol. The number of benzene rings is 1. The Bertz CT molecular complexity index is 393. The molecule has 0 saturated heterocycles. The van der Waals surface area contributed by atoms with Crippen molar-refractivity contribution in [3.63, 3.8) is 0 Å². The second-order valence-electron chi connectivity index (χ2n) is 4.84. The first-order valence-electron chi connectivity index (χ1n) is 6.91. The third kappa shape index (κ3) is 7.20. The van der Waals surface area contributed by atoms with Crippen molar-refractivity contribution in [3.05, 3.63) is 29.8 Å². The topological polar surface area (TPSA) is 12.0 Å². The smallest absolute Gasteiger partial charge is 0.313 e. The second-order valence-corrected chi connectivity index (χ2v) is 5.90. The monoisotopic (exact) mass is 305 g/mol. The Kier molecular flexibility index (Phi) is 7.45. The SMILES string of the molecule is CCNC(CCCC(F)(F)F)CSc1ccccc1C. The molecule has 0 fully saturated rings. The summed E-state index contributed by atoms with van der Waals surface area (Å²) in [5.41, 5.74) is 1.21. The van der Waals surface area contributed by atoms with E-state index in [0.717, 1.165) is 12.3 Å². The Morgan fingerprint density at radius 2 is 1.95 bits per heavy atom. The van der Waals surface area contributed by atoms with Gasteiger partial charge in [0, 0.05) is 23.1 Å². The number of hydrogen-bond donors (Lipinski definition) is 1. The molecule has 0 amide bonds. The molecule has 0 aromatic heterocycles.